The number of likely N-dealkylation sites (tertiary alicyclic amines) is 1. The Morgan fingerprint density at radius 3 is 2.11 bits per heavy atom. The van der Waals surface area contributed by atoms with E-state index in [1.165, 1.54) is 6.33 Å². The number of aliphatic hydroxyl groups is 2. The van der Waals surface area contributed by atoms with Crippen molar-refractivity contribution in [3.05, 3.63) is 120 Å². The molecule has 0 spiro atoms. The summed E-state index contributed by atoms with van der Waals surface area (Å²) in [4.78, 5) is 66.6. The van der Waals surface area contributed by atoms with Crippen LogP contribution in [0.2, 0.25) is 0 Å². The van der Waals surface area contributed by atoms with Gasteiger partial charge in [-0.2, -0.15) is 0 Å². The van der Waals surface area contributed by atoms with Gasteiger partial charge >= 0.3 is 12.1 Å². The lowest BCUT2D eigenvalue weighted by Gasteiger charge is -2.31. The topological polar surface area (TPSA) is 225 Å². The zero-order valence-corrected chi connectivity index (χ0v) is 33.9. The number of piperidine rings is 1. The fourth-order valence-electron chi connectivity index (χ4n) is 7.80. The summed E-state index contributed by atoms with van der Waals surface area (Å²) in [6, 6.07) is 27.5. The monoisotopic (exact) mass is 832 g/mol. The number of carbonyl (C=O) groups is 4. The number of aliphatic hydroxyl groups excluding tert-OH is 2. The number of carbonyl (C=O) groups excluding carboxylic acids is 4. The number of fused-ring (bicyclic) bond motifs is 1. The number of ether oxygens (including phenoxy) is 1. The van der Waals surface area contributed by atoms with Crippen molar-refractivity contribution in [2.75, 3.05) is 38.0 Å². The number of benzene rings is 3. The van der Waals surface area contributed by atoms with Crippen LogP contribution in [-0.2, 0) is 16.1 Å². The van der Waals surface area contributed by atoms with Crippen molar-refractivity contribution in [1.29, 1.82) is 0 Å². The highest BCUT2D eigenvalue weighted by atomic mass is 16.6. The third-order valence-corrected chi connectivity index (χ3v) is 11.2. The molecule has 0 radical (unpaired) electrons. The third kappa shape index (κ3) is 10.6. The largest absolute Gasteiger partial charge is 0.445 e. The highest BCUT2D eigenvalue weighted by Gasteiger charge is 2.44. The standard InChI is InChI=1S/C44H52N10O7/c1-2-35(55)50-33-24-34(38(57)37(33)56)54-27-48-36-39(47-25-32(29-14-8-4-9-15-29)30-16-10-5-11-17-30)51-40(52-41(36)54)42(58)45-20-21-46-43(59)49-31-18-22-53(23-19-31)44(60)61-26-28-12-6-3-7-13-28/h3-17,27,31-34,37-38,56-57H,2,18-26H2,1H3,(H,45,58)(H,50,55)(H2,46,49,59)(H,47,51,52)/t33-,34+,37+,38-/m0/s1. The number of nitrogens with zero attached hydrogens (tertiary/aromatic N) is 5. The average Bonchev–Trinajstić information content (AvgIpc) is 3.84. The van der Waals surface area contributed by atoms with Gasteiger partial charge in [0.2, 0.25) is 11.7 Å². The molecule has 2 aromatic heterocycles. The van der Waals surface area contributed by atoms with Gasteiger partial charge in [0.25, 0.3) is 5.91 Å². The molecule has 3 heterocycles. The number of urea groups is 1. The summed E-state index contributed by atoms with van der Waals surface area (Å²) in [7, 11) is 0. The predicted molar refractivity (Wildman–Crippen MR) is 227 cm³/mol. The van der Waals surface area contributed by atoms with Crippen molar-refractivity contribution in [3.63, 3.8) is 0 Å². The van der Waals surface area contributed by atoms with Gasteiger partial charge in [0.05, 0.1) is 18.4 Å². The van der Waals surface area contributed by atoms with Crippen LogP contribution in [0.3, 0.4) is 0 Å². The Hall–Kier alpha value is -6.59. The predicted octanol–water partition coefficient (Wildman–Crippen LogP) is 3.46. The van der Waals surface area contributed by atoms with E-state index in [1.807, 2.05) is 91.0 Å². The van der Waals surface area contributed by atoms with Crippen LogP contribution in [0, 0.1) is 0 Å². The van der Waals surface area contributed by atoms with Gasteiger partial charge in [-0.25, -0.2) is 24.5 Å². The van der Waals surface area contributed by atoms with Crippen molar-refractivity contribution in [1.82, 2.24) is 45.7 Å². The molecule has 3 aromatic carbocycles. The normalized spacial score (nSPS) is 19.0. The maximum absolute atomic E-state index is 13.7. The average molecular weight is 833 g/mol. The first-order valence-corrected chi connectivity index (χ1v) is 20.7. The molecule has 1 aliphatic carbocycles. The molecule has 2 aliphatic rings. The summed E-state index contributed by atoms with van der Waals surface area (Å²) >= 11 is 0. The maximum Gasteiger partial charge on any atom is 0.410 e. The second kappa shape index (κ2) is 20.1. The molecule has 4 atom stereocenters. The second-order valence-corrected chi connectivity index (χ2v) is 15.2. The van der Waals surface area contributed by atoms with Gasteiger partial charge in [-0.15, -0.1) is 0 Å². The van der Waals surface area contributed by atoms with Crippen molar-refractivity contribution >= 4 is 40.9 Å². The quantitative estimate of drug-likeness (QED) is 0.0757. The van der Waals surface area contributed by atoms with Crippen LogP contribution >= 0.6 is 0 Å². The Kier molecular flexibility index (Phi) is 14.0. The van der Waals surface area contributed by atoms with Crippen LogP contribution in [-0.4, -0.2) is 116 Å². The van der Waals surface area contributed by atoms with Crippen LogP contribution in [0.1, 0.15) is 71.9 Å². The van der Waals surface area contributed by atoms with Gasteiger partial charge in [-0.05, 0) is 36.0 Å². The highest BCUT2D eigenvalue weighted by Crippen LogP contribution is 2.34. The number of anilines is 1. The van der Waals surface area contributed by atoms with Crippen LogP contribution in [0.25, 0.3) is 11.2 Å². The molecule has 17 nitrogen and oxygen atoms in total. The molecule has 17 heteroatoms. The smallest absolute Gasteiger partial charge is 0.410 e. The van der Waals surface area contributed by atoms with E-state index < -0.39 is 36.2 Å². The molecule has 1 saturated carbocycles. The van der Waals surface area contributed by atoms with Crippen LogP contribution < -0.4 is 26.6 Å². The number of nitrogens with one attached hydrogen (secondary N) is 5. The Morgan fingerprint density at radius 2 is 1.46 bits per heavy atom. The number of hydrogen-bond acceptors (Lipinski definition) is 11. The van der Waals surface area contributed by atoms with Gasteiger partial charge < -0.3 is 51.0 Å². The van der Waals surface area contributed by atoms with E-state index in [4.69, 9.17) is 4.74 Å². The van der Waals surface area contributed by atoms with Gasteiger partial charge in [0.1, 0.15) is 24.3 Å². The van der Waals surface area contributed by atoms with Gasteiger partial charge in [-0.1, -0.05) is 97.9 Å². The highest BCUT2D eigenvalue weighted by molar-refractivity contribution is 5.94. The first kappa shape index (κ1) is 42.5. The summed E-state index contributed by atoms with van der Waals surface area (Å²) < 4.78 is 7.05. The van der Waals surface area contributed by atoms with E-state index in [-0.39, 0.29) is 68.0 Å². The lowest BCUT2D eigenvalue weighted by atomic mass is 9.91. The van der Waals surface area contributed by atoms with Crippen LogP contribution in [0.5, 0.6) is 0 Å². The van der Waals surface area contributed by atoms with Crippen molar-refractivity contribution < 1.29 is 34.1 Å². The SMILES string of the molecule is CCC(=O)N[C@H]1C[C@@H](n2cnc3c(NCC(c4ccccc4)c4ccccc4)nc(C(=O)NCCNC(=O)NC4CCN(C(=O)OCc5ccccc5)CC4)nc32)[C@H](O)[C@@H]1O. The van der Waals surface area contributed by atoms with E-state index in [0.717, 1.165) is 16.7 Å². The molecule has 61 heavy (non-hydrogen) atoms. The zero-order valence-electron chi connectivity index (χ0n) is 33.9. The van der Waals surface area contributed by atoms with Gasteiger partial charge in [-0.3, -0.25) is 9.59 Å². The summed E-state index contributed by atoms with van der Waals surface area (Å²) in [6.07, 6.45) is 0.181. The van der Waals surface area contributed by atoms with E-state index in [0.29, 0.717) is 43.8 Å². The Morgan fingerprint density at radius 1 is 0.820 bits per heavy atom. The minimum absolute atomic E-state index is 0.0673. The van der Waals surface area contributed by atoms with E-state index in [1.54, 1.807) is 16.4 Å². The Bertz CT molecular complexity index is 2220. The lowest BCUT2D eigenvalue weighted by Crippen LogP contribution is -2.50. The summed E-state index contributed by atoms with van der Waals surface area (Å²) in [6.45, 7) is 3.37. The molecule has 320 valence electrons. The Balaban J connectivity index is 0.995. The zero-order chi connectivity index (χ0) is 42.7. The summed E-state index contributed by atoms with van der Waals surface area (Å²) in [5.41, 5.74) is 3.65. The molecule has 7 N–H and O–H groups in total. The fraction of sp³-hybridized carbons (Fsp3) is 0.386. The first-order valence-electron chi connectivity index (χ1n) is 20.7. The first-order chi connectivity index (χ1) is 29.7. The second-order valence-electron chi connectivity index (χ2n) is 15.2. The summed E-state index contributed by atoms with van der Waals surface area (Å²) in [5, 5.41) is 36.7. The molecule has 7 rings (SSSR count). The maximum atomic E-state index is 13.7. The molecule has 2 fully saturated rings. The number of aromatic nitrogens is 4. The number of amides is 5. The molecular formula is C44H52N10O7. The number of imidazole rings is 1. The van der Waals surface area contributed by atoms with Gasteiger partial charge in [0.15, 0.2) is 11.5 Å². The minimum Gasteiger partial charge on any atom is -0.445 e. The van der Waals surface area contributed by atoms with Crippen LogP contribution in [0.4, 0.5) is 15.4 Å². The molecular weight excluding hydrogens is 781 g/mol. The lowest BCUT2D eigenvalue weighted by molar-refractivity contribution is -0.122. The third-order valence-electron chi connectivity index (χ3n) is 11.2. The minimum atomic E-state index is -1.25. The Labute approximate surface area is 353 Å². The van der Waals surface area contributed by atoms with E-state index in [9.17, 15) is 29.4 Å². The van der Waals surface area contributed by atoms with Gasteiger partial charge in [0, 0.05) is 51.1 Å². The number of hydrogen-bond donors (Lipinski definition) is 7. The molecule has 0 unspecified atom stereocenters. The van der Waals surface area contributed by atoms with Crippen LogP contribution in [0.15, 0.2) is 97.3 Å². The molecule has 0 bridgehead atoms. The summed E-state index contributed by atoms with van der Waals surface area (Å²) in [5.74, 6) is -0.822. The van der Waals surface area contributed by atoms with Crippen molar-refractivity contribution in [2.45, 2.75) is 75.5 Å². The fourth-order valence-corrected chi connectivity index (χ4v) is 7.80. The molecule has 5 amide bonds. The molecule has 5 aromatic rings. The van der Waals surface area contributed by atoms with E-state index in [2.05, 4.69) is 41.5 Å². The van der Waals surface area contributed by atoms with Crippen molar-refractivity contribution in [3.8, 4) is 0 Å². The molecule has 1 saturated heterocycles. The van der Waals surface area contributed by atoms with E-state index >= 15 is 0 Å². The number of rotatable bonds is 15. The molecule has 1 aliphatic heterocycles. The van der Waals surface area contributed by atoms with Crippen molar-refractivity contribution in [2.24, 2.45) is 0 Å².